The van der Waals surface area contributed by atoms with Gasteiger partial charge in [0.15, 0.2) is 5.69 Å². The Morgan fingerprint density at radius 1 is 1.32 bits per heavy atom. The number of carbonyl (C=O) groups excluding carboxylic acids is 2. The third kappa shape index (κ3) is 2.95. The van der Waals surface area contributed by atoms with Gasteiger partial charge < -0.3 is 10.6 Å². The van der Waals surface area contributed by atoms with E-state index in [1.165, 1.54) is 6.92 Å². The van der Waals surface area contributed by atoms with Gasteiger partial charge in [-0.05, 0) is 31.9 Å². The molecule has 2 amide bonds. The molecule has 2 aromatic heterocycles. The van der Waals surface area contributed by atoms with E-state index in [9.17, 15) is 9.59 Å². The first-order valence-corrected chi connectivity index (χ1v) is 7.02. The summed E-state index contributed by atoms with van der Waals surface area (Å²) < 4.78 is 1.55. The van der Waals surface area contributed by atoms with E-state index in [-0.39, 0.29) is 17.9 Å². The molecule has 0 unspecified atom stereocenters. The molecule has 8 heteroatoms. The molecule has 0 atom stereocenters. The van der Waals surface area contributed by atoms with Crippen molar-refractivity contribution < 1.29 is 9.59 Å². The van der Waals surface area contributed by atoms with Gasteiger partial charge in [-0.15, -0.1) is 5.10 Å². The summed E-state index contributed by atoms with van der Waals surface area (Å²) in [7, 11) is 0. The highest BCUT2D eigenvalue weighted by molar-refractivity contribution is 5.93. The number of hydrogen-bond acceptors (Lipinski definition) is 5. The van der Waals surface area contributed by atoms with Crippen molar-refractivity contribution in [3.63, 3.8) is 0 Å². The Kier molecular flexibility index (Phi) is 3.58. The third-order valence-electron chi connectivity index (χ3n) is 3.32. The fourth-order valence-corrected chi connectivity index (χ4v) is 2.03. The van der Waals surface area contributed by atoms with Gasteiger partial charge in [0.05, 0.1) is 17.6 Å². The van der Waals surface area contributed by atoms with Crippen molar-refractivity contribution in [2.24, 2.45) is 0 Å². The molecule has 2 N–H and O–H groups in total. The molecule has 1 aliphatic carbocycles. The first-order chi connectivity index (χ1) is 10.5. The van der Waals surface area contributed by atoms with Crippen molar-refractivity contribution >= 4 is 17.6 Å². The molecule has 3 rings (SSSR count). The molecule has 1 saturated carbocycles. The minimum atomic E-state index is -0.200. The van der Waals surface area contributed by atoms with Crippen LogP contribution >= 0.6 is 0 Å². The van der Waals surface area contributed by atoms with Crippen molar-refractivity contribution in [1.29, 1.82) is 0 Å². The van der Waals surface area contributed by atoms with Crippen molar-refractivity contribution in [3.8, 4) is 5.69 Å². The smallest absolute Gasteiger partial charge is 0.273 e. The minimum absolute atomic E-state index is 0.184. The van der Waals surface area contributed by atoms with Gasteiger partial charge in [0, 0.05) is 13.0 Å². The van der Waals surface area contributed by atoms with E-state index in [0.29, 0.717) is 22.9 Å². The van der Waals surface area contributed by atoms with Gasteiger partial charge in [0.2, 0.25) is 5.91 Å². The van der Waals surface area contributed by atoms with Crippen LogP contribution in [0.5, 0.6) is 0 Å². The highest BCUT2D eigenvalue weighted by atomic mass is 16.2. The first kappa shape index (κ1) is 14.2. The van der Waals surface area contributed by atoms with Crippen LogP contribution in [0.1, 0.15) is 35.9 Å². The zero-order valence-corrected chi connectivity index (χ0v) is 12.3. The summed E-state index contributed by atoms with van der Waals surface area (Å²) in [5.74, 6) is 0.0750. The van der Waals surface area contributed by atoms with Crippen LogP contribution in [-0.2, 0) is 4.79 Å². The summed E-state index contributed by atoms with van der Waals surface area (Å²) in [5.41, 5.74) is 1.63. The zero-order chi connectivity index (χ0) is 15.7. The number of nitrogens with zero attached hydrogens (tertiary/aromatic N) is 4. The molecule has 0 radical (unpaired) electrons. The monoisotopic (exact) mass is 300 g/mol. The predicted molar refractivity (Wildman–Crippen MR) is 78.7 cm³/mol. The van der Waals surface area contributed by atoms with Gasteiger partial charge in [-0.3, -0.25) is 9.59 Å². The van der Waals surface area contributed by atoms with Gasteiger partial charge in [-0.2, -0.15) is 0 Å². The topological polar surface area (TPSA) is 102 Å². The van der Waals surface area contributed by atoms with E-state index >= 15 is 0 Å². The van der Waals surface area contributed by atoms with Crippen LogP contribution in [0.15, 0.2) is 18.3 Å². The summed E-state index contributed by atoms with van der Waals surface area (Å²) in [4.78, 5) is 27.1. The lowest BCUT2D eigenvalue weighted by Gasteiger charge is -2.05. The molecule has 2 heterocycles. The van der Waals surface area contributed by atoms with Crippen molar-refractivity contribution in [1.82, 2.24) is 25.3 Å². The van der Waals surface area contributed by atoms with Crippen LogP contribution in [0.2, 0.25) is 0 Å². The summed E-state index contributed by atoms with van der Waals surface area (Å²) in [6.45, 7) is 3.20. The van der Waals surface area contributed by atoms with Crippen LogP contribution in [0, 0.1) is 6.92 Å². The average molecular weight is 300 g/mol. The van der Waals surface area contributed by atoms with Gasteiger partial charge >= 0.3 is 0 Å². The second kappa shape index (κ2) is 5.55. The lowest BCUT2D eigenvalue weighted by Crippen LogP contribution is -2.26. The fourth-order valence-electron chi connectivity index (χ4n) is 2.03. The quantitative estimate of drug-likeness (QED) is 0.870. The number of hydrogen-bond donors (Lipinski definition) is 2. The Labute approximate surface area is 126 Å². The minimum Gasteiger partial charge on any atom is -0.348 e. The van der Waals surface area contributed by atoms with E-state index < -0.39 is 0 Å². The van der Waals surface area contributed by atoms with E-state index in [0.717, 1.165) is 12.8 Å². The van der Waals surface area contributed by atoms with Crippen molar-refractivity contribution in [3.05, 3.63) is 29.7 Å². The second-order valence-corrected chi connectivity index (χ2v) is 5.27. The molecule has 0 bridgehead atoms. The molecule has 2 aromatic rings. The molecule has 8 nitrogen and oxygen atoms in total. The Balaban J connectivity index is 1.81. The third-order valence-corrected chi connectivity index (χ3v) is 3.32. The second-order valence-electron chi connectivity index (χ2n) is 5.27. The van der Waals surface area contributed by atoms with Gasteiger partial charge in [0.25, 0.3) is 5.91 Å². The van der Waals surface area contributed by atoms with Crippen LogP contribution in [0.4, 0.5) is 5.82 Å². The van der Waals surface area contributed by atoms with Crippen LogP contribution in [-0.4, -0.2) is 37.8 Å². The SMILES string of the molecule is CC(=O)Nc1ccc(-n2nnc(C(=O)NC3CC3)c2C)cn1. The molecule has 114 valence electrons. The summed E-state index contributed by atoms with van der Waals surface area (Å²) in [5, 5.41) is 13.4. The summed E-state index contributed by atoms with van der Waals surface area (Å²) in [6.07, 6.45) is 3.61. The predicted octanol–water partition coefficient (Wildman–Crippen LogP) is 0.821. The number of aromatic nitrogens is 4. The Morgan fingerprint density at radius 2 is 2.09 bits per heavy atom. The largest absolute Gasteiger partial charge is 0.348 e. The molecular formula is C14H16N6O2. The summed E-state index contributed by atoms with van der Waals surface area (Å²) in [6, 6.07) is 3.69. The molecule has 1 aliphatic rings. The zero-order valence-electron chi connectivity index (χ0n) is 12.3. The van der Waals surface area contributed by atoms with E-state index in [4.69, 9.17) is 0 Å². The Morgan fingerprint density at radius 3 is 2.68 bits per heavy atom. The molecule has 0 aromatic carbocycles. The number of nitrogens with one attached hydrogen (secondary N) is 2. The van der Waals surface area contributed by atoms with E-state index in [1.54, 1.807) is 29.9 Å². The molecule has 0 aliphatic heterocycles. The van der Waals surface area contributed by atoms with Crippen LogP contribution < -0.4 is 10.6 Å². The number of anilines is 1. The highest BCUT2D eigenvalue weighted by Gasteiger charge is 2.26. The molecule has 22 heavy (non-hydrogen) atoms. The lowest BCUT2D eigenvalue weighted by atomic mass is 10.3. The maximum Gasteiger partial charge on any atom is 0.273 e. The molecular weight excluding hydrogens is 284 g/mol. The van der Waals surface area contributed by atoms with Crippen LogP contribution in [0.3, 0.4) is 0 Å². The number of rotatable bonds is 4. The molecule has 1 fully saturated rings. The average Bonchev–Trinajstić information content (AvgIpc) is 3.19. The highest BCUT2D eigenvalue weighted by Crippen LogP contribution is 2.20. The van der Waals surface area contributed by atoms with Gasteiger partial charge in [0.1, 0.15) is 5.82 Å². The van der Waals surface area contributed by atoms with E-state index in [2.05, 4.69) is 25.9 Å². The van der Waals surface area contributed by atoms with Crippen LogP contribution in [0.25, 0.3) is 5.69 Å². The normalized spacial score (nSPS) is 13.7. The van der Waals surface area contributed by atoms with Crippen molar-refractivity contribution in [2.45, 2.75) is 32.7 Å². The molecule has 0 spiro atoms. The van der Waals surface area contributed by atoms with Gasteiger partial charge in [-0.1, -0.05) is 5.21 Å². The fraction of sp³-hybridized carbons (Fsp3) is 0.357. The first-order valence-electron chi connectivity index (χ1n) is 7.02. The lowest BCUT2D eigenvalue weighted by molar-refractivity contribution is -0.114. The standard InChI is InChI=1S/C14H16N6O2/c1-8-13(14(22)17-10-3-4-10)18-19-20(8)11-5-6-12(15-7-11)16-9(2)21/h5-7,10H,3-4H2,1-2H3,(H,17,22)(H,15,16,21). The number of amides is 2. The number of carbonyl (C=O) groups is 2. The Hall–Kier alpha value is -2.77. The Bertz CT molecular complexity index is 717. The summed E-state index contributed by atoms with van der Waals surface area (Å²) >= 11 is 0. The number of pyridine rings is 1. The maximum atomic E-state index is 12.0. The van der Waals surface area contributed by atoms with E-state index in [1.807, 2.05) is 0 Å². The van der Waals surface area contributed by atoms with Gasteiger partial charge in [-0.25, -0.2) is 9.67 Å². The van der Waals surface area contributed by atoms with Crippen molar-refractivity contribution in [2.75, 3.05) is 5.32 Å². The molecule has 0 saturated heterocycles. The maximum absolute atomic E-state index is 12.0.